The number of carboxylic acid groups (broad SMARTS) is 1. The summed E-state index contributed by atoms with van der Waals surface area (Å²) in [5.74, 6) is -0.813. The van der Waals surface area contributed by atoms with E-state index < -0.39 is 18.3 Å². The number of amides is 1. The van der Waals surface area contributed by atoms with Crippen LogP contribution in [0.2, 0.25) is 0 Å². The minimum atomic E-state index is -1.12. The third kappa shape index (κ3) is 5.01. The van der Waals surface area contributed by atoms with E-state index in [9.17, 15) is 9.59 Å². The molecule has 0 bridgehead atoms. The van der Waals surface area contributed by atoms with Gasteiger partial charge in [-0.3, -0.25) is 9.59 Å². The van der Waals surface area contributed by atoms with E-state index in [2.05, 4.69) is 0 Å². The number of carbonyl (C=O) groups is 2. The third-order valence-electron chi connectivity index (χ3n) is 2.17. The second-order valence-corrected chi connectivity index (χ2v) is 3.55. The normalized spacial score (nSPS) is 9.71. The van der Waals surface area contributed by atoms with Crippen molar-refractivity contribution in [1.82, 2.24) is 4.90 Å². The van der Waals surface area contributed by atoms with Crippen LogP contribution in [-0.4, -0.2) is 42.1 Å². The first-order valence-corrected chi connectivity index (χ1v) is 5.23. The first-order valence-electron chi connectivity index (χ1n) is 5.23. The summed E-state index contributed by atoms with van der Waals surface area (Å²) in [6, 6.07) is 9.23. The summed E-state index contributed by atoms with van der Waals surface area (Å²) in [5.41, 5.74) is 0. The molecule has 0 aliphatic carbocycles. The van der Waals surface area contributed by atoms with E-state index in [1.54, 1.807) is 7.05 Å². The van der Waals surface area contributed by atoms with Crippen LogP contribution in [0, 0.1) is 0 Å². The zero-order valence-corrected chi connectivity index (χ0v) is 9.63. The molecule has 0 spiro atoms. The van der Waals surface area contributed by atoms with E-state index >= 15 is 0 Å². The Morgan fingerprint density at radius 3 is 2.53 bits per heavy atom. The highest BCUT2D eigenvalue weighted by Gasteiger charge is 2.12. The van der Waals surface area contributed by atoms with Crippen LogP contribution in [0.25, 0.3) is 0 Å². The van der Waals surface area contributed by atoms with Gasteiger partial charge in [-0.15, -0.1) is 0 Å². The van der Waals surface area contributed by atoms with Crippen molar-refractivity contribution in [3.63, 3.8) is 0 Å². The Hall–Kier alpha value is -2.04. The van der Waals surface area contributed by atoms with Crippen LogP contribution in [0.3, 0.4) is 0 Å². The minimum Gasteiger partial charge on any atom is -0.492 e. The molecule has 0 atom stereocenters. The van der Waals surface area contributed by atoms with E-state index in [4.69, 9.17) is 9.84 Å². The second kappa shape index (κ2) is 6.52. The first kappa shape index (κ1) is 13.0. The summed E-state index contributed by atoms with van der Waals surface area (Å²) in [6.45, 7) is 0.701. The fourth-order valence-corrected chi connectivity index (χ4v) is 1.21. The molecule has 1 amide bonds. The number of rotatable bonds is 6. The molecular formula is C12H15NO4. The number of para-hydroxylation sites is 1. The molecule has 92 valence electrons. The van der Waals surface area contributed by atoms with Gasteiger partial charge in [-0.25, -0.2) is 0 Å². The number of hydrogen-bond acceptors (Lipinski definition) is 3. The van der Waals surface area contributed by atoms with Gasteiger partial charge in [0, 0.05) is 7.05 Å². The summed E-state index contributed by atoms with van der Waals surface area (Å²) in [5, 5.41) is 8.46. The Kier molecular flexibility index (Phi) is 5.00. The predicted octanol–water partition coefficient (Wildman–Crippen LogP) is 0.998. The Morgan fingerprint density at radius 2 is 1.94 bits per heavy atom. The molecule has 1 aromatic rings. The van der Waals surface area contributed by atoms with Crippen LogP contribution in [-0.2, 0) is 9.59 Å². The van der Waals surface area contributed by atoms with Crippen molar-refractivity contribution in [2.24, 2.45) is 0 Å². The van der Waals surface area contributed by atoms with Crippen LogP contribution < -0.4 is 4.74 Å². The number of ether oxygens (including phenoxy) is 1. The quantitative estimate of drug-likeness (QED) is 0.749. The van der Waals surface area contributed by atoms with Crippen molar-refractivity contribution >= 4 is 11.9 Å². The van der Waals surface area contributed by atoms with Crippen LogP contribution in [0.4, 0.5) is 0 Å². The van der Waals surface area contributed by atoms with Crippen molar-refractivity contribution in [3.8, 4) is 5.75 Å². The number of aliphatic carboxylic acids is 1. The topological polar surface area (TPSA) is 66.8 Å². The molecule has 0 aromatic heterocycles. The summed E-state index contributed by atoms with van der Waals surface area (Å²) in [7, 11) is 1.56. The largest absolute Gasteiger partial charge is 0.492 e. The van der Waals surface area contributed by atoms with Crippen LogP contribution >= 0.6 is 0 Å². The van der Waals surface area contributed by atoms with Gasteiger partial charge in [0.15, 0.2) is 0 Å². The molecule has 1 N–H and O–H groups in total. The molecule has 0 fully saturated rings. The highest BCUT2D eigenvalue weighted by molar-refractivity contribution is 5.93. The van der Waals surface area contributed by atoms with E-state index in [-0.39, 0.29) is 0 Å². The minimum absolute atomic E-state index is 0.339. The molecule has 0 saturated carbocycles. The van der Waals surface area contributed by atoms with Gasteiger partial charge in [-0.05, 0) is 12.1 Å². The molecule has 0 heterocycles. The molecule has 0 aliphatic heterocycles. The number of benzene rings is 1. The zero-order chi connectivity index (χ0) is 12.7. The first-order chi connectivity index (χ1) is 8.09. The van der Waals surface area contributed by atoms with Crippen LogP contribution in [0.1, 0.15) is 6.42 Å². The standard InChI is InChI=1S/C12H15NO4/c1-13(11(14)9-12(15)16)7-8-17-10-5-3-2-4-6-10/h2-6H,7-9H2,1H3,(H,15,16). The fourth-order valence-electron chi connectivity index (χ4n) is 1.21. The van der Waals surface area contributed by atoms with Crippen molar-refractivity contribution in [1.29, 1.82) is 0 Å². The molecule has 0 saturated heterocycles. The molecule has 1 aromatic carbocycles. The number of carbonyl (C=O) groups excluding carboxylic acids is 1. The SMILES string of the molecule is CN(CCOc1ccccc1)C(=O)CC(=O)O. The Morgan fingerprint density at radius 1 is 1.29 bits per heavy atom. The van der Waals surface area contributed by atoms with Gasteiger partial charge in [-0.1, -0.05) is 18.2 Å². The lowest BCUT2D eigenvalue weighted by molar-refractivity contribution is -0.143. The predicted molar refractivity (Wildman–Crippen MR) is 61.8 cm³/mol. The lowest BCUT2D eigenvalue weighted by atomic mass is 10.3. The highest BCUT2D eigenvalue weighted by atomic mass is 16.5. The van der Waals surface area contributed by atoms with E-state index in [1.165, 1.54) is 4.90 Å². The average Bonchev–Trinajstić information content (AvgIpc) is 2.29. The van der Waals surface area contributed by atoms with Crippen molar-refractivity contribution < 1.29 is 19.4 Å². The van der Waals surface area contributed by atoms with Crippen molar-refractivity contribution in [2.45, 2.75) is 6.42 Å². The van der Waals surface area contributed by atoms with Gasteiger partial charge < -0.3 is 14.7 Å². The van der Waals surface area contributed by atoms with E-state index in [0.717, 1.165) is 5.75 Å². The Bertz CT molecular complexity index is 377. The average molecular weight is 237 g/mol. The van der Waals surface area contributed by atoms with Gasteiger partial charge in [0.2, 0.25) is 5.91 Å². The van der Waals surface area contributed by atoms with Gasteiger partial charge in [0.05, 0.1) is 6.54 Å². The fraction of sp³-hybridized carbons (Fsp3) is 0.333. The van der Waals surface area contributed by atoms with Crippen LogP contribution in [0.15, 0.2) is 30.3 Å². The molecule has 0 aliphatic rings. The number of hydrogen-bond donors (Lipinski definition) is 1. The summed E-state index contributed by atoms with van der Waals surface area (Å²) < 4.78 is 5.39. The van der Waals surface area contributed by atoms with E-state index in [1.807, 2.05) is 30.3 Å². The monoisotopic (exact) mass is 237 g/mol. The van der Waals surface area contributed by atoms with Gasteiger partial charge in [0.25, 0.3) is 0 Å². The maximum atomic E-state index is 11.3. The van der Waals surface area contributed by atoms with Gasteiger partial charge >= 0.3 is 5.97 Å². The summed E-state index contributed by atoms with van der Waals surface area (Å²) >= 11 is 0. The van der Waals surface area contributed by atoms with Gasteiger partial charge in [0.1, 0.15) is 18.8 Å². The van der Waals surface area contributed by atoms with E-state index in [0.29, 0.717) is 13.2 Å². The smallest absolute Gasteiger partial charge is 0.312 e. The zero-order valence-electron chi connectivity index (χ0n) is 9.63. The summed E-state index contributed by atoms with van der Waals surface area (Å²) in [6.07, 6.45) is -0.484. The number of likely N-dealkylation sites (N-methyl/N-ethyl adjacent to an activating group) is 1. The molecule has 5 nitrogen and oxygen atoms in total. The molecule has 1 rings (SSSR count). The lowest BCUT2D eigenvalue weighted by Gasteiger charge is -2.16. The second-order valence-electron chi connectivity index (χ2n) is 3.55. The van der Waals surface area contributed by atoms with Crippen molar-refractivity contribution in [3.05, 3.63) is 30.3 Å². The highest BCUT2D eigenvalue weighted by Crippen LogP contribution is 2.07. The van der Waals surface area contributed by atoms with Crippen molar-refractivity contribution in [2.75, 3.05) is 20.2 Å². The van der Waals surface area contributed by atoms with Gasteiger partial charge in [-0.2, -0.15) is 0 Å². The Labute approximate surface area is 99.6 Å². The molecule has 0 radical (unpaired) electrons. The number of carboxylic acids is 1. The molecule has 0 unspecified atom stereocenters. The Balaban J connectivity index is 2.27. The maximum Gasteiger partial charge on any atom is 0.312 e. The van der Waals surface area contributed by atoms with Crippen LogP contribution in [0.5, 0.6) is 5.75 Å². The maximum absolute atomic E-state index is 11.3. The lowest BCUT2D eigenvalue weighted by Crippen LogP contribution is -2.32. The molecule has 17 heavy (non-hydrogen) atoms. The third-order valence-corrected chi connectivity index (χ3v) is 2.17. The molecule has 5 heteroatoms. The number of nitrogens with zero attached hydrogens (tertiary/aromatic N) is 1. The summed E-state index contributed by atoms with van der Waals surface area (Å²) in [4.78, 5) is 23.0. The molecular weight excluding hydrogens is 222 g/mol.